The first kappa shape index (κ1) is 17.3. The van der Waals surface area contributed by atoms with E-state index in [1.807, 2.05) is 24.3 Å². The lowest BCUT2D eigenvalue weighted by Gasteiger charge is -2.08. The Hall–Kier alpha value is -3.48. The van der Waals surface area contributed by atoms with Gasteiger partial charge in [-0.3, -0.25) is 0 Å². The van der Waals surface area contributed by atoms with Gasteiger partial charge in [0.2, 0.25) is 5.95 Å². The van der Waals surface area contributed by atoms with E-state index >= 15 is 0 Å². The predicted octanol–water partition coefficient (Wildman–Crippen LogP) is 3.06. The van der Waals surface area contributed by atoms with Crippen molar-refractivity contribution in [3.63, 3.8) is 0 Å². The molecule has 1 heterocycles. The van der Waals surface area contributed by atoms with E-state index in [4.69, 9.17) is 4.74 Å². The fraction of sp³-hybridized carbons (Fsp3) is 0.158. The number of anilines is 3. The summed E-state index contributed by atoms with van der Waals surface area (Å²) >= 11 is 0. The molecular formula is C19H19N5O2. The number of esters is 1. The number of benzene rings is 2. The zero-order valence-electron chi connectivity index (χ0n) is 14.3. The molecule has 1 aromatic heterocycles. The van der Waals surface area contributed by atoms with Crippen molar-refractivity contribution in [2.45, 2.75) is 6.42 Å². The average molecular weight is 349 g/mol. The van der Waals surface area contributed by atoms with E-state index in [-0.39, 0.29) is 0 Å². The summed E-state index contributed by atoms with van der Waals surface area (Å²) in [5.41, 5.74) is 2.37. The van der Waals surface area contributed by atoms with Crippen LogP contribution in [0.4, 0.5) is 17.5 Å². The molecule has 7 nitrogen and oxygen atoms in total. The Morgan fingerprint density at radius 2 is 1.96 bits per heavy atom. The topological polar surface area (TPSA) is 89.0 Å². The van der Waals surface area contributed by atoms with E-state index in [0.29, 0.717) is 23.0 Å². The summed E-state index contributed by atoms with van der Waals surface area (Å²) in [6.45, 7) is 0.736. The van der Waals surface area contributed by atoms with Crippen molar-refractivity contribution in [1.82, 2.24) is 15.2 Å². The number of nitrogens with one attached hydrogen (secondary N) is 2. The zero-order valence-corrected chi connectivity index (χ0v) is 14.3. The molecule has 0 aliphatic heterocycles. The third-order valence-corrected chi connectivity index (χ3v) is 3.66. The maximum atomic E-state index is 11.6. The maximum absolute atomic E-state index is 11.6. The Morgan fingerprint density at radius 1 is 1.12 bits per heavy atom. The van der Waals surface area contributed by atoms with E-state index in [2.05, 4.69) is 37.9 Å². The number of ether oxygens (including phenoxy) is 1. The van der Waals surface area contributed by atoms with Gasteiger partial charge in [0, 0.05) is 12.2 Å². The Bertz CT molecular complexity index is 871. The van der Waals surface area contributed by atoms with Gasteiger partial charge in [-0.15, -0.1) is 5.10 Å². The first-order valence-corrected chi connectivity index (χ1v) is 8.17. The van der Waals surface area contributed by atoms with Crippen LogP contribution in [0.15, 0.2) is 60.8 Å². The second kappa shape index (κ2) is 8.57. The van der Waals surface area contributed by atoms with Crippen LogP contribution in [0.1, 0.15) is 15.9 Å². The summed E-state index contributed by atoms with van der Waals surface area (Å²) < 4.78 is 4.72. The normalized spacial score (nSPS) is 10.2. The number of hydrogen-bond acceptors (Lipinski definition) is 7. The first-order chi connectivity index (χ1) is 12.7. The van der Waals surface area contributed by atoms with Gasteiger partial charge in [-0.2, -0.15) is 10.1 Å². The minimum Gasteiger partial charge on any atom is -0.465 e. The van der Waals surface area contributed by atoms with Gasteiger partial charge in [0.1, 0.15) is 0 Å². The maximum Gasteiger partial charge on any atom is 0.337 e. The highest BCUT2D eigenvalue weighted by atomic mass is 16.5. The van der Waals surface area contributed by atoms with Crippen molar-refractivity contribution in [1.29, 1.82) is 0 Å². The number of methoxy groups -OCH3 is 1. The molecule has 0 fully saturated rings. The Kier molecular flexibility index (Phi) is 5.72. The molecule has 26 heavy (non-hydrogen) atoms. The number of rotatable bonds is 7. The second-order valence-corrected chi connectivity index (χ2v) is 5.52. The molecule has 132 valence electrons. The van der Waals surface area contributed by atoms with Crippen LogP contribution in [0.25, 0.3) is 0 Å². The van der Waals surface area contributed by atoms with Gasteiger partial charge in [-0.25, -0.2) is 4.79 Å². The van der Waals surface area contributed by atoms with Gasteiger partial charge in [-0.1, -0.05) is 36.4 Å². The van der Waals surface area contributed by atoms with Crippen LogP contribution in [0.3, 0.4) is 0 Å². The number of carbonyl (C=O) groups is 1. The van der Waals surface area contributed by atoms with Gasteiger partial charge in [0.25, 0.3) is 0 Å². The molecule has 0 aliphatic carbocycles. The average Bonchev–Trinajstić information content (AvgIpc) is 2.69. The molecule has 0 bridgehead atoms. The molecule has 2 aromatic carbocycles. The van der Waals surface area contributed by atoms with Crippen LogP contribution in [-0.4, -0.2) is 34.8 Å². The van der Waals surface area contributed by atoms with Crippen molar-refractivity contribution >= 4 is 23.4 Å². The lowest BCUT2D eigenvalue weighted by atomic mass is 10.1. The van der Waals surface area contributed by atoms with E-state index in [1.165, 1.54) is 12.7 Å². The van der Waals surface area contributed by atoms with E-state index in [1.54, 1.807) is 24.4 Å². The molecule has 0 amide bonds. The monoisotopic (exact) mass is 349 g/mol. The highest BCUT2D eigenvalue weighted by Crippen LogP contribution is 2.16. The summed E-state index contributed by atoms with van der Waals surface area (Å²) in [7, 11) is 1.35. The van der Waals surface area contributed by atoms with Gasteiger partial charge in [-0.05, 0) is 30.2 Å². The molecule has 0 aliphatic rings. The third-order valence-electron chi connectivity index (χ3n) is 3.66. The molecule has 2 N–H and O–H groups in total. The fourth-order valence-corrected chi connectivity index (χ4v) is 2.39. The molecule has 3 rings (SSSR count). The molecule has 0 unspecified atom stereocenters. The molecule has 7 heteroatoms. The Balaban J connectivity index is 1.61. The van der Waals surface area contributed by atoms with Crippen molar-refractivity contribution in [2.24, 2.45) is 0 Å². The summed E-state index contributed by atoms with van der Waals surface area (Å²) in [4.78, 5) is 16.0. The standard InChI is InChI=1S/C19H19N5O2/c1-26-18(25)15-8-5-9-16(12-15)22-19-23-17(13-21-24-19)20-11-10-14-6-3-2-4-7-14/h2-9,12-13H,10-11H2,1H3,(H2,20,22,23,24). The van der Waals surface area contributed by atoms with Crippen LogP contribution in [0.5, 0.6) is 0 Å². The zero-order chi connectivity index (χ0) is 18.2. The summed E-state index contributed by atoms with van der Waals surface area (Å²) in [6, 6.07) is 17.1. The van der Waals surface area contributed by atoms with Crippen LogP contribution in [0, 0.1) is 0 Å². The second-order valence-electron chi connectivity index (χ2n) is 5.52. The van der Waals surface area contributed by atoms with Crippen molar-refractivity contribution < 1.29 is 9.53 Å². The van der Waals surface area contributed by atoms with Crippen LogP contribution >= 0.6 is 0 Å². The first-order valence-electron chi connectivity index (χ1n) is 8.17. The van der Waals surface area contributed by atoms with Crippen LogP contribution in [0.2, 0.25) is 0 Å². The SMILES string of the molecule is COC(=O)c1cccc(Nc2nncc(NCCc3ccccc3)n2)c1. The molecular weight excluding hydrogens is 330 g/mol. The van der Waals surface area contributed by atoms with Gasteiger partial charge < -0.3 is 15.4 Å². The van der Waals surface area contributed by atoms with Crippen LogP contribution in [-0.2, 0) is 11.2 Å². The fourth-order valence-electron chi connectivity index (χ4n) is 2.39. The Morgan fingerprint density at radius 3 is 2.77 bits per heavy atom. The molecule has 3 aromatic rings. The highest BCUT2D eigenvalue weighted by molar-refractivity contribution is 5.90. The molecule has 0 saturated heterocycles. The lowest BCUT2D eigenvalue weighted by molar-refractivity contribution is 0.0601. The third kappa shape index (κ3) is 4.76. The summed E-state index contributed by atoms with van der Waals surface area (Å²) in [5, 5.41) is 14.2. The minimum absolute atomic E-state index is 0.344. The largest absolute Gasteiger partial charge is 0.465 e. The molecule has 0 saturated carbocycles. The van der Waals surface area contributed by atoms with E-state index in [0.717, 1.165) is 13.0 Å². The quantitative estimate of drug-likeness (QED) is 0.634. The smallest absolute Gasteiger partial charge is 0.337 e. The number of carbonyl (C=O) groups excluding carboxylic acids is 1. The summed E-state index contributed by atoms with van der Waals surface area (Å²) in [5.74, 6) is 0.573. The van der Waals surface area contributed by atoms with Gasteiger partial charge in [0.15, 0.2) is 5.82 Å². The van der Waals surface area contributed by atoms with Crippen LogP contribution < -0.4 is 10.6 Å². The van der Waals surface area contributed by atoms with E-state index in [9.17, 15) is 4.79 Å². The number of nitrogens with zero attached hydrogens (tertiary/aromatic N) is 3. The van der Waals surface area contributed by atoms with Gasteiger partial charge >= 0.3 is 5.97 Å². The number of hydrogen-bond donors (Lipinski definition) is 2. The lowest BCUT2D eigenvalue weighted by Crippen LogP contribution is -2.09. The minimum atomic E-state index is -0.399. The van der Waals surface area contributed by atoms with Crippen molar-refractivity contribution in [3.05, 3.63) is 71.9 Å². The molecule has 0 atom stereocenters. The molecule has 0 spiro atoms. The van der Waals surface area contributed by atoms with E-state index < -0.39 is 5.97 Å². The van der Waals surface area contributed by atoms with Crippen molar-refractivity contribution in [2.75, 3.05) is 24.3 Å². The van der Waals surface area contributed by atoms with Crippen molar-refractivity contribution in [3.8, 4) is 0 Å². The highest BCUT2D eigenvalue weighted by Gasteiger charge is 2.07. The predicted molar refractivity (Wildman–Crippen MR) is 99.5 cm³/mol. The molecule has 0 radical (unpaired) electrons. The Labute approximate surface area is 151 Å². The summed E-state index contributed by atoms with van der Waals surface area (Å²) in [6.07, 6.45) is 2.45. The number of aromatic nitrogens is 3. The van der Waals surface area contributed by atoms with Gasteiger partial charge in [0.05, 0.1) is 18.9 Å².